The zero-order valence-corrected chi connectivity index (χ0v) is 13.1. The van der Waals surface area contributed by atoms with Gasteiger partial charge in [-0.2, -0.15) is 0 Å². The summed E-state index contributed by atoms with van der Waals surface area (Å²) in [6.45, 7) is 0.204. The summed E-state index contributed by atoms with van der Waals surface area (Å²) in [7, 11) is 3.03. The van der Waals surface area contributed by atoms with Gasteiger partial charge in [-0.05, 0) is 12.1 Å². The van der Waals surface area contributed by atoms with Crippen molar-refractivity contribution in [2.24, 2.45) is 0 Å². The zero-order valence-electron chi connectivity index (χ0n) is 13.1. The Kier molecular flexibility index (Phi) is 5.40. The van der Waals surface area contributed by atoms with Gasteiger partial charge in [0, 0.05) is 14.1 Å². The molecule has 23 heavy (non-hydrogen) atoms. The van der Waals surface area contributed by atoms with Gasteiger partial charge in [-0.25, -0.2) is 0 Å². The van der Waals surface area contributed by atoms with Crippen LogP contribution < -0.4 is 25.6 Å². The molecule has 0 saturated heterocycles. The van der Waals surface area contributed by atoms with Gasteiger partial charge in [-0.15, -0.1) is 0 Å². The van der Waals surface area contributed by atoms with Crippen molar-refractivity contribution in [3.63, 3.8) is 0 Å². The van der Waals surface area contributed by atoms with Crippen LogP contribution in [0.15, 0.2) is 24.3 Å². The summed E-state index contributed by atoms with van der Waals surface area (Å²) in [5, 5.41) is 7.51. The minimum atomic E-state index is -0.693. The van der Waals surface area contributed by atoms with Crippen LogP contribution in [-0.2, 0) is 14.4 Å². The number of carbonyl (C=O) groups excluding carboxylic acids is 3. The fraction of sp³-hybridized carbons (Fsp3) is 0.400. The smallest absolute Gasteiger partial charge is 0.262 e. The Morgan fingerprint density at radius 3 is 2.61 bits per heavy atom. The number of nitrogens with zero attached hydrogens (tertiary/aromatic N) is 1. The normalized spacial score (nSPS) is 15.9. The highest BCUT2D eigenvalue weighted by Gasteiger charge is 2.30. The van der Waals surface area contributed by atoms with Gasteiger partial charge in [0.2, 0.25) is 11.8 Å². The van der Waals surface area contributed by atoms with Crippen LogP contribution in [0.4, 0.5) is 5.69 Å². The van der Waals surface area contributed by atoms with Crippen LogP contribution in [-0.4, -0.2) is 57.6 Å². The maximum atomic E-state index is 12.0. The van der Waals surface area contributed by atoms with E-state index in [-0.39, 0.29) is 37.4 Å². The molecule has 1 aliphatic rings. The van der Waals surface area contributed by atoms with Crippen molar-refractivity contribution in [1.82, 2.24) is 16.0 Å². The number of fused-ring (bicyclic) bond motifs is 1. The van der Waals surface area contributed by atoms with Gasteiger partial charge in [-0.1, -0.05) is 12.1 Å². The largest absolute Gasteiger partial charge is 0.477 e. The fourth-order valence-corrected chi connectivity index (χ4v) is 2.25. The number of amides is 3. The van der Waals surface area contributed by atoms with Crippen LogP contribution in [0.2, 0.25) is 0 Å². The summed E-state index contributed by atoms with van der Waals surface area (Å²) in [5.74, 6) is -0.286. The number of anilines is 1. The van der Waals surface area contributed by atoms with Crippen molar-refractivity contribution in [3.05, 3.63) is 24.3 Å². The molecule has 2 rings (SSSR count). The fourth-order valence-electron chi connectivity index (χ4n) is 2.25. The molecule has 8 nitrogen and oxygen atoms in total. The lowest BCUT2D eigenvalue weighted by Crippen LogP contribution is -2.51. The van der Waals surface area contributed by atoms with E-state index in [0.717, 1.165) is 5.69 Å². The standard InChI is InChI=1S/C15H20N4O4/c1-16-13(20)7-18-14(21)9-19-8-12(15(22)17-2)23-11-6-4-3-5-10(11)19/h3-6,12H,7-9H2,1-2H3,(H,16,20)(H,17,22)(H,18,21)/t12-/m1/s1. The molecule has 8 heteroatoms. The molecule has 0 radical (unpaired) electrons. The molecule has 1 heterocycles. The molecule has 124 valence electrons. The van der Waals surface area contributed by atoms with Crippen LogP contribution in [0.5, 0.6) is 5.75 Å². The first-order valence-electron chi connectivity index (χ1n) is 7.24. The summed E-state index contributed by atoms with van der Waals surface area (Å²) < 4.78 is 5.66. The molecular formula is C15H20N4O4. The highest BCUT2D eigenvalue weighted by Crippen LogP contribution is 2.32. The zero-order chi connectivity index (χ0) is 16.8. The van der Waals surface area contributed by atoms with Gasteiger partial charge in [0.25, 0.3) is 5.91 Å². The highest BCUT2D eigenvalue weighted by molar-refractivity contribution is 5.88. The summed E-state index contributed by atoms with van der Waals surface area (Å²) in [6.07, 6.45) is -0.693. The molecule has 0 bridgehead atoms. The number of ether oxygens (including phenoxy) is 1. The molecule has 3 N–H and O–H groups in total. The Balaban J connectivity index is 2.08. The van der Waals surface area contributed by atoms with E-state index in [9.17, 15) is 14.4 Å². The van der Waals surface area contributed by atoms with Crippen molar-refractivity contribution in [2.75, 3.05) is 38.6 Å². The SMILES string of the molecule is CNC(=O)CNC(=O)CN1C[C@H](C(=O)NC)Oc2ccccc21. The molecule has 1 aromatic rings. The van der Waals surface area contributed by atoms with E-state index >= 15 is 0 Å². The van der Waals surface area contributed by atoms with Gasteiger partial charge in [0.1, 0.15) is 5.75 Å². The van der Waals surface area contributed by atoms with Gasteiger partial charge in [0.05, 0.1) is 25.3 Å². The minimum Gasteiger partial charge on any atom is -0.477 e. The summed E-state index contributed by atoms with van der Waals surface area (Å²) in [4.78, 5) is 36.8. The summed E-state index contributed by atoms with van der Waals surface area (Å²) in [5.41, 5.74) is 0.739. The van der Waals surface area contributed by atoms with Crippen LogP contribution in [0, 0.1) is 0 Å². The molecule has 0 spiro atoms. The molecular weight excluding hydrogens is 300 g/mol. The predicted octanol–water partition coefficient (Wildman–Crippen LogP) is -1.14. The number of benzene rings is 1. The lowest BCUT2D eigenvalue weighted by Gasteiger charge is -2.34. The van der Waals surface area contributed by atoms with E-state index in [1.165, 1.54) is 14.1 Å². The number of hydrogen-bond acceptors (Lipinski definition) is 5. The van der Waals surface area contributed by atoms with Crippen LogP contribution in [0.25, 0.3) is 0 Å². The number of hydrogen-bond donors (Lipinski definition) is 3. The Labute approximate surface area is 134 Å². The topological polar surface area (TPSA) is 99.8 Å². The molecule has 0 fully saturated rings. The molecule has 1 aromatic carbocycles. The Hall–Kier alpha value is -2.77. The monoisotopic (exact) mass is 320 g/mol. The lowest BCUT2D eigenvalue weighted by atomic mass is 10.1. The Morgan fingerprint density at radius 1 is 1.17 bits per heavy atom. The molecule has 1 atom stereocenters. The molecule has 0 unspecified atom stereocenters. The maximum Gasteiger partial charge on any atom is 0.262 e. The second-order valence-electron chi connectivity index (χ2n) is 5.02. The van der Waals surface area contributed by atoms with E-state index in [0.29, 0.717) is 5.75 Å². The molecule has 0 saturated carbocycles. The minimum absolute atomic E-state index is 0.0326. The van der Waals surface area contributed by atoms with Gasteiger partial charge < -0.3 is 25.6 Å². The van der Waals surface area contributed by atoms with Gasteiger partial charge >= 0.3 is 0 Å². The van der Waals surface area contributed by atoms with Crippen molar-refractivity contribution < 1.29 is 19.1 Å². The highest BCUT2D eigenvalue weighted by atomic mass is 16.5. The first-order valence-corrected chi connectivity index (χ1v) is 7.24. The number of likely N-dealkylation sites (N-methyl/N-ethyl adjacent to an activating group) is 2. The Morgan fingerprint density at radius 2 is 1.91 bits per heavy atom. The predicted molar refractivity (Wildman–Crippen MR) is 84.2 cm³/mol. The van der Waals surface area contributed by atoms with Crippen molar-refractivity contribution in [3.8, 4) is 5.75 Å². The third-order valence-electron chi connectivity index (χ3n) is 3.46. The van der Waals surface area contributed by atoms with Crippen LogP contribution >= 0.6 is 0 Å². The Bertz CT molecular complexity index is 605. The van der Waals surface area contributed by atoms with E-state index in [1.807, 2.05) is 12.1 Å². The van der Waals surface area contributed by atoms with E-state index in [1.54, 1.807) is 17.0 Å². The number of para-hydroxylation sites is 2. The molecule has 3 amide bonds. The van der Waals surface area contributed by atoms with E-state index in [2.05, 4.69) is 16.0 Å². The number of nitrogens with one attached hydrogen (secondary N) is 3. The molecule has 0 aromatic heterocycles. The van der Waals surface area contributed by atoms with Gasteiger partial charge in [-0.3, -0.25) is 14.4 Å². The summed E-state index contributed by atoms with van der Waals surface area (Å²) in [6, 6.07) is 7.20. The van der Waals surface area contributed by atoms with Crippen LogP contribution in [0.1, 0.15) is 0 Å². The van der Waals surface area contributed by atoms with Crippen molar-refractivity contribution >= 4 is 23.4 Å². The summed E-state index contributed by atoms with van der Waals surface area (Å²) >= 11 is 0. The van der Waals surface area contributed by atoms with E-state index in [4.69, 9.17) is 4.74 Å². The maximum absolute atomic E-state index is 12.0. The van der Waals surface area contributed by atoms with Crippen LogP contribution in [0.3, 0.4) is 0 Å². The average Bonchev–Trinajstić information content (AvgIpc) is 2.58. The third-order valence-corrected chi connectivity index (χ3v) is 3.46. The van der Waals surface area contributed by atoms with E-state index < -0.39 is 6.10 Å². The van der Waals surface area contributed by atoms with Crippen molar-refractivity contribution in [2.45, 2.75) is 6.10 Å². The molecule has 0 aliphatic carbocycles. The number of rotatable bonds is 5. The first kappa shape index (κ1) is 16.6. The lowest BCUT2D eigenvalue weighted by molar-refractivity contribution is -0.128. The second kappa shape index (κ2) is 7.48. The van der Waals surface area contributed by atoms with Gasteiger partial charge in [0.15, 0.2) is 6.10 Å². The van der Waals surface area contributed by atoms with Crippen molar-refractivity contribution in [1.29, 1.82) is 0 Å². The molecule has 1 aliphatic heterocycles. The number of carbonyl (C=O) groups is 3. The average molecular weight is 320 g/mol. The third kappa shape index (κ3) is 4.12. The quantitative estimate of drug-likeness (QED) is 0.637. The second-order valence-corrected chi connectivity index (χ2v) is 5.02. The first-order chi connectivity index (χ1) is 11.0.